The molecule has 0 heterocycles. The fourth-order valence-electron chi connectivity index (χ4n) is 2.62. The molecule has 3 N–H and O–H groups in total. The number of nitrogens with two attached hydrogens (primary N) is 1. The van der Waals surface area contributed by atoms with Gasteiger partial charge in [-0.25, -0.2) is 0 Å². The Kier molecular flexibility index (Phi) is 5.41. The molecule has 1 aliphatic carbocycles. The van der Waals surface area contributed by atoms with Crippen molar-refractivity contribution in [3.63, 3.8) is 0 Å². The zero-order chi connectivity index (χ0) is 14.4. The number of anilines is 2. The fourth-order valence-corrected chi connectivity index (χ4v) is 2.62. The van der Waals surface area contributed by atoms with Crippen LogP contribution in [0.4, 0.5) is 11.4 Å². The number of hydrogen-bond acceptors (Lipinski definition) is 3. The van der Waals surface area contributed by atoms with Gasteiger partial charge in [-0.1, -0.05) is 19.8 Å². The number of nitrogen functional groups attached to an aromatic ring is 1. The van der Waals surface area contributed by atoms with Crippen molar-refractivity contribution in [1.29, 1.82) is 0 Å². The van der Waals surface area contributed by atoms with Crippen LogP contribution in [0.3, 0.4) is 0 Å². The Hall–Kier alpha value is -1.55. The Morgan fingerprint density at radius 3 is 2.70 bits per heavy atom. The number of hydrogen-bond donors (Lipinski definition) is 2. The number of carbonyl (C=O) groups is 1. The average Bonchev–Trinajstić information content (AvgIpc) is 2.43. The zero-order valence-electron chi connectivity index (χ0n) is 12.1. The van der Waals surface area contributed by atoms with E-state index in [-0.39, 0.29) is 5.91 Å². The molecule has 1 aromatic rings. The van der Waals surface area contributed by atoms with E-state index in [1.807, 2.05) is 0 Å². The monoisotopic (exact) mass is 276 g/mol. The maximum Gasteiger partial charge on any atom is 0.226 e. The summed E-state index contributed by atoms with van der Waals surface area (Å²) in [6.07, 6.45) is 5.63. The maximum absolute atomic E-state index is 11.8. The minimum Gasteiger partial charge on any atom is -0.399 e. The summed E-state index contributed by atoms with van der Waals surface area (Å²) < 4.78 is 5.84. The Morgan fingerprint density at radius 2 is 2.00 bits per heavy atom. The molecule has 110 valence electrons. The van der Waals surface area contributed by atoms with Crippen LogP contribution in [-0.2, 0) is 9.53 Å². The summed E-state index contributed by atoms with van der Waals surface area (Å²) in [5, 5.41) is 2.84. The molecule has 0 radical (unpaired) electrons. The highest BCUT2D eigenvalue weighted by Crippen LogP contribution is 2.26. The molecule has 2 rings (SSSR count). The summed E-state index contributed by atoms with van der Waals surface area (Å²) in [5.74, 6) is 0.599. The van der Waals surface area contributed by atoms with Crippen LogP contribution in [-0.4, -0.2) is 18.6 Å². The molecule has 0 bridgehead atoms. The number of benzene rings is 1. The molecule has 0 aromatic heterocycles. The lowest BCUT2D eigenvalue weighted by Gasteiger charge is -2.28. The number of rotatable bonds is 5. The summed E-state index contributed by atoms with van der Waals surface area (Å²) in [6.45, 7) is 2.73. The predicted molar refractivity (Wildman–Crippen MR) is 81.5 cm³/mol. The van der Waals surface area contributed by atoms with Gasteiger partial charge < -0.3 is 15.8 Å². The van der Waals surface area contributed by atoms with Crippen molar-refractivity contribution in [2.24, 2.45) is 5.92 Å². The van der Waals surface area contributed by atoms with Gasteiger partial charge >= 0.3 is 0 Å². The number of amides is 1. The van der Waals surface area contributed by atoms with Crippen molar-refractivity contribution in [1.82, 2.24) is 0 Å². The Balaban J connectivity index is 1.68. The van der Waals surface area contributed by atoms with Gasteiger partial charge in [0.1, 0.15) is 0 Å². The largest absolute Gasteiger partial charge is 0.399 e. The topological polar surface area (TPSA) is 64.3 Å². The Morgan fingerprint density at radius 1 is 1.30 bits per heavy atom. The van der Waals surface area contributed by atoms with Gasteiger partial charge in [-0.05, 0) is 43.0 Å². The van der Waals surface area contributed by atoms with E-state index in [9.17, 15) is 4.79 Å². The molecule has 1 amide bonds. The van der Waals surface area contributed by atoms with Crippen molar-refractivity contribution >= 4 is 17.3 Å². The van der Waals surface area contributed by atoms with Crippen molar-refractivity contribution in [2.75, 3.05) is 17.7 Å². The first-order valence-corrected chi connectivity index (χ1v) is 7.42. The third kappa shape index (κ3) is 4.53. The molecule has 1 saturated carbocycles. The van der Waals surface area contributed by atoms with Crippen molar-refractivity contribution in [2.45, 2.75) is 45.1 Å². The van der Waals surface area contributed by atoms with E-state index in [0.29, 0.717) is 30.7 Å². The van der Waals surface area contributed by atoms with Crippen LogP contribution >= 0.6 is 0 Å². The van der Waals surface area contributed by atoms with Gasteiger partial charge in [-0.15, -0.1) is 0 Å². The molecule has 1 fully saturated rings. The number of nitrogens with one attached hydrogen (secondary N) is 1. The van der Waals surface area contributed by atoms with Gasteiger partial charge in [-0.2, -0.15) is 0 Å². The Labute approximate surface area is 120 Å². The first kappa shape index (κ1) is 14.9. The minimum absolute atomic E-state index is 0.0155. The van der Waals surface area contributed by atoms with E-state index in [1.54, 1.807) is 24.3 Å². The van der Waals surface area contributed by atoms with Gasteiger partial charge in [-0.3, -0.25) is 4.79 Å². The highest BCUT2D eigenvalue weighted by Gasteiger charge is 2.21. The van der Waals surface area contributed by atoms with E-state index >= 15 is 0 Å². The van der Waals surface area contributed by atoms with E-state index in [0.717, 1.165) is 12.1 Å². The lowest BCUT2D eigenvalue weighted by molar-refractivity contribution is -0.118. The first-order valence-electron chi connectivity index (χ1n) is 7.42. The quantitative estimate of drug-likeness (QED) is 0.812. The highest BCUT2D eigenvalue weighted by atomic mass is 16.5. The summed E-state index contributed by atoms with van der Waals surface area (Å²) in [6, 6.07) is 7.15. The fraction of sp³-hybridized carbons (Fsp3) is 0.562. The molecular formula is C16H24N2O2. The van der Waals surface area contributed by atoms with Gasteiger partial charge in [0.25, 0.3) is 0 Å². The lowest BCUT2D eigenvalue weighted by atomic mass is 9.88. The second-order valence-corrected chi connectivity index (χ2v) is 5.59. The molecule has 4 nitrogen and oxygen atoms in total. The summed E-state index contributed by atoms with van der Waals surface area (Å²) in [5.41, 5.74) is 7.07. The van der Waals surface area contributed by atoms with Crippen LogP contribution in [0, 0.1) is 5.92 Å². The molecule has 4 heteroatoms. The second-order valence-electron chi connectivity index (χ2n) is 5.59. The molecule has 1 aromatic carbocycles. The highest BCUT2D eigenvalue weighted by molar-refractivity contribution is 5.90. The molecular weight excluding hydrogens is 252 g/mol. The van der Waals surface area contributed by atoms with Gasteiger partial charge in [0, 0.05) is 11.4 Å². The standard InChI is InChI=1S/C16H24N2O2/c1-12-4-2-3-5-15(12)20-11-10-16(19)18-14-8-6-13(17)7-9-14/h6-9,12,15H,2-5,10-11,17H2,1H3,(H,18,19). The van der Waals surface area contributed by atoms with Crippen LogP contribution in [0.25, 0.3) is 0 Å². The minimum atomic E-state index is -0.0155. The van der Waals surface area contributed by atoms with E-state index in [4.69, 9.17) is 10.5 Å². The SMILES string of the molecule is CC1CCCCC1OCCC(=O)Nc1ccc(N)cc1. The van der Waals surface area contributed by atoms with Crippen LogP contribution in [0.5, 0.6) is 0 Å². The van der Waals surface area contributed by atoms with Gasteiger partial charge in [0.2, 0.25) is 5.91 Å². The smallest absolute Gasteiger partial charge is 0.226 e. The van der Waals surface area contributed by atoms with Crippen LogP contribution < -0.4 is 11.1 Å². The molecule has 20 heavy (non-hydrogen) atoms. The molecule has 0 aliphatic heterocycles. The first-order chi connectivity index (χ1) is 9.65. The van der Waals surface area contributed by atoms with Crippen molar-refractivity contribution in [3.05, 3.63) is 24.3 Å². The predicted octanol–water partition coefficient (Wildman–Crippen LogP) is 3.19. The van der Waals surface area contributed by atoms with Gasteiger partial charge in [0.15, 0.2) is 0 Å². The number of ether oxygens (including phenoxy) is 1. The Bertz CT molecular complexity index is 431. The third-order valence-electron chi connectivity index (χ3n) is 3.89. The van der Waals surface area contributed by atoms with E-state index < -0.39 is 0 Å². The van der Waals surface area contributed by atoms with E-state index in [2.05, 4.69) is 12.2 Å². The lowest BCUT2D eigenvalue weighted by Crippen LogP contribution is -2.27. The van der Waals surface area contributed by atoms with E-state index in [1.165, 1.54) is 19.3 Å². The van der Waals surface area contributed by atoms with Crippen molar-refractivity contribution < 1.29 is 9.53 Å². The molecule has 2 atom stereocenters. The maximum atomic E-state index is 11.8. The van der Waals surface area contributed by atoms with Crippen molar-refractivity contribution in [3.8, 4) is 0 Å². The van der Waals surface area contributed by atoms with Gasteiger partial charge in [0.05, 0.1) is 19.1 Å². The zero-order valence-corrected chi connectivity index (χ0v) is 12.1. The average molecular weight is 276 g/mol. The molecule has 2 unspecified atom stereocenters. The summed E-state index contributed by atoms with van der Waals surface area (Å²) in [7, 11) is 0. The van der Waals surface area contributed by atoms with Crippen LogP contribution in [0.1, 0.15) is 39.0 Å². The van der Waals surface area contributed by atoms with Crippen LogP contribution in [0.2, 0.25) is 0 Å². The second kappa shape index (κ2) is 7.29. The van der Waals surface area contributed by atoms with Crippen LogP contribution in [0.15, 0.2) is 24.3 Å². The summed E-state index contributed by atoms with van der Waals surface area (Å²) in [4.78, 5) is 11.8. The third-order valence-corrected chi connectivity index (χ3v) is 3.89. The molecule has 1 aliphatic rings. The summed E-state index contributed by atoms with van der Waals surface area (Å²) >= 11 is 0. The normalized spacial score (nSPS) is 22.4. The molecule has 0 spiro atoms. The molecule has 0 saturated heterocycles. The number of carbonyl (C=O) groups excluding carboxylic acids is 1.